The Kier molecular flexibility index (Phi) is 6.55. The molecule has 0 aliphatic heterocycles. The highest BCUT2D eigenvalue weighted by Crippen LogP contribution is 2.11. The van der Waals surface area contributed by atoms with Crippen LogP contribution in [-0.2, 0) is 4.74 Å². The Morgan fingerprint density at radius 1 is 1.14 bits per heavy atom. The molecule has 0 N–H and O–H groups in total. The second-order valence-electron chi connectivity index (χ2n) is 2.90. The van der Waals surface area contributed by atoms with Crippen LogP contribution in [0.4, 0.5) is 0 Å². The maximum atomic E-state index is 4.86. The summed E-state index contributed by atoms with van der Waals surface area (Å²) in [5, 5.41) is 0. The summed E-state index contributed by atoms with van der Waals surface area (Å²) in [4.78, 5) is 0. The van der Waals surface area contributed by atoms with Crippen LogP contribution in [0, 0.1) is 13.8 Å². The molecule has 14 heavy (non-hydrogen) atoms. The van der Waals surface area contributed by atoms with Gasteiger partial charge in [0.05, 0.1) is 13.4 Å². The third-order valence-electron chi connectivity index (χ3n) is 1.82. The zero-order chi connectivity index (χ0) is 11.0. The van der Waals surface area contributed by atoms with Crippen LogP contribution in [-0.4, -0.2) is 7.11 Å². The maximum Gasteiger partial charge on any atom is 0.0830 e. The van der Waals surface area contributed by atoms with Crippen LogP contribution in [0.1, 0.15) is 30.5 Å². The van der Waals surface area contributed by atoms with Gasteiger partial charge in [-0.3, -0.25) is 0 Å². The summed E-state index contributed by atoms with van der Waals surface area (Å²) in [6.45, 7) is 8.18. The van der Waals surface area contributed by atoms with Crippen molar-refractivity contribution in [2.75, 3.05) is 7.11 Å². The molecule has 0 spiro atoms. The van der Waals surface area contributed by atoms with Gasteiger partial charge in [0.25, 0.3) is 0 Å². The van der Waals surface area contributed by atoms with E-state index in [2.05, 4.69) is 32.0 Å². The summed E-state index contributed by atoms with van der Waals surface area (Å²) >= 11 is 0. The molecule has 0 heterocycles. The van der Waals surface area contributed by atoms with Gasteiger partial charge in [-0.15, -0.1) is 0 Å². The van der Waals surface area contributed by atoms with E-state index in [1.165, 1.54) is 16.7 Å². The molecule has 78 valence electrons. The quantitative estimate of drug-likeness (QED) is 0.645. The molecule has 0 radical (unpaired) electrons. The van der Waals surface area contributed by atoms with E-state index < -0.39 is 0 Å². The predicted molar refractivity (Wildman–Crippen MR) is 63.3 cm³/mol. The Morgan fingerprint density at radius 2 is 1.79 bits per heavy atom. The minimum absolute atomic E-state index is 1.22. The van der Waals surface area contributed by atoms with Crippen LogP contribution in [0.15, 0.2) is 24.5 Å². The molecule has 1 rings (SSSR count). The standard InChI is InChI=1S/C11H14O.C2H6/c1-9-4-5-10(2)11(8-9)6-7-12-3;1-2/h4-8H,1-3H3;1-2H3/b7-6-;. The van der Waals surface area contributed by atoms with Gasteiger partial charge in [-0.25, -0.2) is 0 Å². The highest BCUT2D eigenvalue weighted by molar-refractivity contribution is 5.53. The number of hydrogen-bond donors (Lipinski definition) is 0. The highest BCUT2D eigenvalue weighted by atomic mass is 16.5. The average Bonchev–Trinajstić information content (AvgIpc) is 2.22. The number of benzene rings is 1. The van der Waals surface area contributed by atoms with Gasteiger partial charge in [-0.1, -0.05) is 37.6 Å². The lowest BCUT2D eigenvalue weighted by Gasteiger charge is -2.00. The second kappa shape index (κ2) is 7.19. The van der Waals surface area contributed by atoms with Crippen LogP contribution >= 0.6 is 0 Å². The summed E-state index contributed by atoms with van der Waals surface area (Å²) in [6, 6.07) is 6.37. The average molecular weight is 192 g/mol. The Hall–Kier alpha value is -1.24. The van der Waals surface area contributed by atoms with E-state index in [0.29, 0.717) is 0 Å². The van der Waals surface area contributed by atoms with Crippen molar-refractivity contribution in [3.05, 3.63) is 41.2 Å². The molecule has 0 aliphatic rings. The number of aryl methyl sites for hydroxylation is 2. The monoisotopic (exact) mass is 192 g/mol. The third kappa shape index (κ3) is 4.13. The molecule has 0 aliphatic carbocycles. The number of rotatable bonds is 2. The van der Waals surface area contributed by atoms with Crippen LogP contribution in [0.25, 0.3) is 6.08 Å². The lowest BCUT2D eigenvalue weighted by molar-refractivity contribution is 0.341. The second-order valence-corrected chi connectivity index (χ2v) is 2.90. The molecule has 1 aromatic carbocycles. The van der Waals surface area contributed by atoms with Crippen molar-refractivity contribution in [1.82, 2.24) is 0 Å². The first kappa shape index (κ1) is 12.8. The molecule has 0 atom stereocenters. The first-order valence-electron chi connectivity index (χ1n) is 5.00. The van der Waals surface area contributed by atoms with Gasteiger partial charge in [0.1, 0.15) is 0 Å². The van der Waals surface area contributed by atoms with E-state index in [9.17, 15) is 0 Å². The molecular formula is C13H20O. The zero-order valence-electron chi connectivity index (χ0n) is 9.79. The number of ether oxygens (including phenoxy) is 1. The maximum absolute atomic E-state index is 4.86. The number of methoxy groups -OCH3 is 1. The molecule has 0 aromatic heterocycles. The minimum Gasteiger partial charge on any atom is -0.504 e. The first-order chi connectivity index (χ1) is 6.74. The van der Waals surface area contributed by atoms with E-state index >= 15 is 0 Å². The summed E-state index contributed by atoms with van der Waals surface area (Å²) in [5.41, 5.74) is 3.77. The van der Waals surface area contributed by atoms with Crippen molar-refractivity contribution in [2.24, 2.45) is 0 Å². The van der Waals surface area contributed by atoms with E-state index in [1.54, 1.807) is 13.4 Å². The van der Waals surface area contributed by atoms with E-state index in [1.807, 2.05) is 19.9 Å². The van der Waals surface area contributed by atoms with Gasteiger partial charge >= 0.3 is 0 Å². The fourth-order valence-electron chi connectivity index (χ4n) is 1.08. The van der Waals surface area contributed by atoms with Gasteiger partial charge in [0, 0.05) is 0 Å². The van der Waals surface area contributed by atoms with Crippen molar-refractivity contribution in [3.8, 4) is 0 Å². The van der Waals surface area contributed by atoms with Gasteiger partial charge < -0.3 is 4.74 Å². The van der Waals surface area contributed by atoms with Gasteiger partial charge in [-0.05, 0) is 31.1 Å². The molecule has 0 unspecified atom stereocenters. The van der Waals surface area contributed by atoms with Crippen LogP contribution in [0.5, 0.6) is 0 Å². The zero-order valence-corrected chi connectivity index (χ0v) is 9.79. The normalized spacial score (nSPS) is 9.50. The summed E-state index contributed by atoms with van der Waals surface area (Å²) in [6.07, 6.45) is 3.67. The number of hydrogen-bond acceptors (Lipinski definition) is 1. The molecule has 0 amide bonds. The molecule has 0 saturated heterocycles. The minimum atomic E-state index is 1.22. The SMILES string of the molecule is CC.CO/C=C\c1cc(C)ccc1C. The van der Waals surface area contributed by atoms with Crippen LogP contribution < -0.4 is 0 Å². The smallest absolute Gasteiger partial charge is 0.0830 e. The Labute approximate surface area is 87.4 Å². The summed E-state index contributed by atoms with van der Waals surface area (Å²) in [5.74, 6) is 0. The van der Waals surface area contributed by atoms with Crippen molar-refractivity contribution in [3.63, 3.8) is 0 Å². The van der Waals surface area contributed by atoms with Crippen molar-refractivity contribution < 1.29 is 4.74 Å². The largest absolute Gasteiger partial charge is 0.504 e. The summed E-state index contributed by atoms with van der Waals surface area (Å²) in [7, 11) is 1.65. The Bertz CT molecular complexity index is 287. The molecule has 1 aromatic rings. The molecule has 1 heteroatoms. The molecule has 0 bridgehead atoms. The van der Waals surface area contributed by atoms with Crippen molar-refractivity contribution in [2.45, 2.75) is 27.7 Å². The Balaban J connectivity index is 0.000000791. The molecule has 0 saturated carbocycles. The van der Waals surface area contributed by atoms with Crippen molar-refractivity contribution in [1.29, 1.82) is 0 Å². The van der Waals surface area contributed by atoms with Gasteiger partial charge in [0.2, 0.25) is 0 Å². The fraction of sp³-hybridized carbons (Fsp3) is 0.385. The van der Waals surface area contributed by atoms with Crippen LogP contribution in [0.3, 0.4) is 0 Å². The summed E-state index contributed by atoms with van der Waals surface area (Å²) < 4.78 is 4.86. The lowest BCUT2D eigenvalue weighted by Crippen LogP contribution is -1.81. The first-order valence-corrected chi connectivity index (χ1v) is 5.00. The molecule has 0 fully saturated rings. The van der Waals surface area contributed by atoms with E-state index in [-0.39, 0.29) is 0 Å². The Morgan fingerprint density at radius 3 is 2.36 bits per heavy atom. The third-order valence-corrected chi connectivity index (χ3v) is 1.82. The fourth-order valence-corrected chi connectivity index (χ4v) is 1.08. The highest BCUT2D eigenvalue weighted by Gasteiger charge is 1.93. The predicted octanol–water partition coefficient (Wildman–Crippen LogP) is 3.95. The van der Waals surface area contributed by atoms with E-state index in [0.717, 1.165) is 0 Å². The molecular weight excluding hydrogens is 172 g/mol. The van der Waals surface area contributed by atoms with Crippen molar-refractivity contribution >= 4 is 6.08 Å². The topological polar surface area (TPSA) is 9.23 Å². The van der Waals surface area contributed by atoms with Gasteiger partial charge in [-0.2, -0.15) is 0 Å². The van der Waals surface area contributed by atoms with Gasteiger partial charge in [0.15, 0.2) is 0 Å². The molecule has 1 nitrogen and oxygen atoms in total. The van der Waals surface area contributed by atoms with Crippen LogP contribution in [0.2, 0.25) is 0 Å². The van der Waals surface area contributed by atoms with E-state index in [4.69, 9.17) is 4.74 Å². The lowest BCUT2D eigenvalue weighted by atomic mass is 10.1.